The van der Waals surface area contributed by atoms with Crippen LogP contribution in [0.15, 0.2) is 82.6 Å². The molecular formula is C26H14Cl6N2NiS2-4. The molecule has 2 unspecified atom stereocenters. The summed E-state index contributed by atoms with van der Waals surface area (Å²) in [5.74, 6) is 0. The van der Waals surface area contributed by atoms with Crippen LogP contribution < -0.4 is 0 Å². The first-order valence-corrected chi connectivity index (χ1v) is 13.5. The van der Waals surface area contributed by atoms with Gasteiger partial charge in [0.15, 0.2) is 0 Å². The zero-order valence-corrected chi connectivity index (χ0v) is 25.5. The van der Waals surface area contributed by atoms with E-state index in [2.05, 4.69) is 0 Å². The monoisotopic (exact) mass is 686 g/mol. The van der Waals surface area contributed by atoms with Crippen molar-refractivity contribution >= 4 is 106 Å². The van der Waals surface area contributed by atoms with E-state index in [1.165, 1.54) is 0 Å². The van der Waals surface area contributed by atoms with E-state index in [4.69, 9.17) is 105 Å². The van der Waals surface area contributed by atoms with Crippen LogP contribution in [0.2, 0.25) is 30.1 Å². The first kappa shape index (κ1) is 30.7. The van der Waals surface area contributed by atoms with Crippen LogP contribution in [0, 0.1) is 0 Å². The van der Waals surface area contributed by atoms with Gasteiger partial charge in [-0.1, -0.05) is 130 Å². The van der Waals surface area contributed by atoms with E-state index in [9.17, 15) is 0 Å². The zero-order chi connectivity index (χ0) is 26.0. The van der Waals surface area contributed by atoms with Crippen LogP contribution in [0.1, 0.15) is 23.2 Å². The summed E-state index contributed by atoms with van der Waals surface area (Å²) in [5.41, 5.74) is 2.07. The number of benzene rings is 4. The zero-order valence-electron chi connectivity index (χ0n) is 18.4. The molecule has 0 saturated carbocycles. The minimum Gasteiger partial charge on any atom is -0.781 e. The fourth-order valence-corrected chi connectivity index (χ4v) is 6.16. The topological polar surface area (TPSA) is 28.2 Å². The third-order valence-corrected chi connectivity index (χ3v) is 7.64. The third-order valence-electron chi connectivity index (χ3n) is 5.27. The second kappa shape index (κ2) is 13.5. The minimum atomic E-state index is -0.808. The molecule has 37 heavy (non-hydrogen) atoms. The molecule has 0 fully saturated rings. The summed E-state index contributed by atoms with van der Waals surface area (Å²) in [6, 6.07) is 19.3. The predicted molar refractivity (Wildman–Crippen MR) is 159 cm³/mol. The van der Waals surface area contributed by atoms with Crippen LogP contribution in [0.5, 0.6) is 0 Å². The summed E-state index contributed by atoms with van der Waals surface area (Å²) in [7, 11) is 0. The summed E-state index contributed by atoms with van der Waals surface area (Å²) >= 11 is 50.3. The van der Waals surface area contributed by atoms with E-state index >= 15 is 0 Å². The summed E-state index contributed by atoms with van der Waals surface area (Å²) in [5, 5.41) is 11.9. The fourth-order valence-electron chi connectivity index (χ4n) is 3.69. The number of halogens is 6. The standard InChI is InChI=1S/C26H16Cl6N2S2.Ni/c27-13-9-15(29)23(16(30)10-13)25(33-19-5-1-3-7-21(19)35)26(34-20-6-2-4-8-22(20)36)24-17(31)11-14(28)12-18(24)32;/h1-12,25-26,35-36H;/q-2;/p-2. The van der Waals surface area contributed by atoms with Crippen LogP contribution in [0.3, 0.4) is 0 Å². The van der Waals surface area contributed by atoms with Gasteiger partial charge in [0.05, 0.1) is 0 Å². The Labute approximate surface area is 267 Å². The molecule has 0 aliphatic rings. The molecular weight excluding hydrogens is 676 g/mol. The summed E-state index contributed by atoms with van der Waals surface area (Å²) in [4.78, 5) is 1.08. The quantitative estimate of drug-likeness (QED) is 0.143. The van der Waals surface area contributed by atoms with Crippen molar-refractivity contribution in [1.82, 2.24) is 0 Å². The van der Waals surface area contributed by atoms with Crippen molar-refractivity contribution in [3.05, 3.63) is 125 Å². The van der Waals surface area contributed by atoms with E-state index in [1.807, 2.05) is 24.3 Å². The fraction of sp³-hybridized carbons (Fsp3) is 0.0769. The minimum absolute atomic E-state index is 0. The first-order valence-electron chi connectivity index (χ1n) is 10.4. The van der Waals surface area contributed by atoms with E-state index in [0.29, 0.717) is 62.4 Å². The molecule has 0 bridgehead atoms. The van der Waals surface area contributed by atoms with Gasteiger partial charge in [0, 0.05) is 46.6 Å². The van der Waals surface area contributed by atoms with E-state index in [1.54, 1.807) is 48.5 Å². The Hall–Kier alpha value is -0.846. The number of hydrogen-bond acceptors (Lipinski definition) is 2. The van der Waals surface area contributed by atoms with Crippen LogP contribution in [-0.2, 0) is 41.7 Å². The Bertz CT molecular complexity index is 1270. The van der Waals surface area contributed by atoms with E-state index in [-0.39, 0.29) is 16.5 Å². The van der Waals surface area contributed by atoms with Crippen LogP contribution >= 0.6 is 69.6 Å². The van der Waals surface area contributed by atoms with Crippen molar-refractivity contribution in [1.29, 1.82) is 0 Å². The van der Waals surface area contributed by atoms with Gasteiger partial charge < -0.3 is 35.9 Å². The molecule has 0 N–H and O–H groups in total. The third kappa shape index (κ3) is 7.22. The molecule has 0 radical (unpaired) electrons. The summed E-state index contributed by atoms with van der Waals surface area (Å²) in [6.07, 6.45) is 0. The van der Waals surface area contributed by atoms with Gasteiger partial charge in [-0.3, -0.25) is 0 Å². The molecule has 2 nitrogen and oxygen atoms in total. The van der Waals surface area contributed by atoms with Crippen LogP contribution in [-0.4, -0.2) is 0 Å². The van der Waals surface area contributed by atoms with Crippen molar-refractivity contribution in [3.63, 3.8) is 0 Å². The molecule has 0 aromatic heterocycles. The molecule has 0 aliphatic heterocycles. The van der Waals surface area contributed by atoms with Crippen molar-refractivity contribution in [2.45, 2.75) is 21.9 Å². The Balaban J connectivity index is 0.00000380. The normalized spacial score (nSPS) is 12.4. The van der Waals surface area contributed by atoms with Gasteiger partial charge in [-0.2, -0.15) is 21.2 Å². The van der Waals surface area contributed by atoms with Crippen molar-refractivity contribution < 1.29 is 16.5 Å². The van der Waals surface area contributed by atoms with Crippen LogP contribution in [0.4, 0.5) is 11.4 Å². The molecule has 4 rings (SSSR count). The number of hydrogen-bond donors (Lipinski definition) is 0. The van der Waals surface area contributed by atoms with E-state index in [0.717, 1.165) is 0 Å². The predicted octanol–water partition coefficient (Wildman–Crippen LogP) is 11.6. The molecule has 4 aromatic carbocycles. The van der Waals surface area contributed by atoms with Gasteiger partial charge in [-0.15, -0.1) is 0 Å². The second-order valence-electron chi connectivity index (χ2n) is 7.65. The molecule has 0 saturated heterocycles. The van der Waals surface area contributed by atoms with Gasteiger partial charge in [0.25, 0.3) is 0 Å². The van der Waals surface area contributed by atoms with Gasteiger partial charge in [0.2, 0.25) is 0 Å². The van der Waals surface area contributed by atoms with Gasteiger partial charge >= 0.3 is 0 Å². The number of rotatable bonds is 7. The largest absolute Gasteiger partial charge is 0.781 e. The number of para-hydroxylation sites is 2. The first-order chi connectivity index (χ1) is 17.2. The molecule has 0 spiro atoms. The average Bonchev–Trinajstić information content (AvgIpc) is 2.79. The Kier molecular flexibility index (Phi) is 11.2. The van der Waals surface area contributed by atoms with Gasteiger partial charge in [-0.25, -0.2) is 0 Å². The summed E-state index contributed by atoms with van der Waals surface area (Å²) in [6.45, 7) is 0. The maximum Gasteiger partial charge on any atom is 0.0454 e. The average molecular weight is 690 g/mol. The molecule has 196 valence electrons. The second-order valence-corrected chi connectivity index (χ2v) is 11.0. The van der Waals surface area contributed by atoms with Gasteiger partial charge in [0.1, 0.15) is 0 Å². The van der Waals surface area contributed by atoms with Gasteiger partial charge in [-0.05, 0) is 35.4 Å². The number of nitrogens with zero attached hydrogens (tertiary/aromatic N) is 2. The maximum atomic E-state index is 6.70. The molecule has 0 aliphatic carbocycles. The summed E-state index contributed by atoms with van der Waals surface area (Å²) < 4.78 is 0. The molecule has 0 amide bonds. The van der Waals surface area contributed by atoms with Crippen molar-refractivity contribution in [3.8, 4) is 0 Å². The molecule has 4 aromatic rings. The molecule has 2 atom stereocenters. The SMILES string of the molecule is [Ni].[S-]c1ccccc1[N-]C(c1c(Cl)cc(Cl)cc1Cl)C([N-]c1ccccc1[S-])c1c(Cl)cc(Cl)cc1Cl. The maximum absolute atomic E-state index is 6.70. The Morgan fingerprint density at radius 3 is 1.11 bits per heavy atom. The molecule has 0 heterocycles. The van der Waals surface area contributed by atoms with E-state index < -0.39 is 12.1 Å². The van der Waals surface area contributed by atoms with Crippen molar-refractivity contribution in [2.24, 2.45) is 0 Å². The Morgan fingerprint density at radius 1 is 0.514 bits per heavy atom. The Morgan fingerprint density at radius 2 is 0.811 bits per heavy atom. The smallest absolute Gasteiger partial charge is 0.0454 e. The molecule has 11 heteroatoms. The van der Waals surface area contributed by atoms with Crippen LogP contribution in [0.25, 0.3) is 10.6 Å². The van der Waals surface area contributed by atoms with Crippen molar-refractivity contribution in [2.75, 3.05) is 0 Å².